The van der Waals surface area contributed by atoms with Gasteiger partial charge in [-0.1, -0.05) is 19.0 Å². The third-order valence-corrected chi connectivity index (χ3v) is 6.21. The molecule has 0 amide bonds. The second kappa shape index (κ2) is 7.47. The summed E-state index contributed by atoms with van der Waals surface area (Å²) in [6.45, 7) is 6.03. The molecule has 2 aromatic heterocycles. The maximum absolute atomic E-state index is 12.2. The molecule has 1 aliphatic heterocycles. The van der Waals surface area contributed by atoms with Crippen LogP contribution in [0.25, 0.3) is 11.6 Å². The van der Waals surface area contributed by atoms with Crippen molar-refractivity contribution < 1.29 is 17.4 Å². The van der Waals surface area contributed by atoms with Gasteiger partial charge in [-0.25, -0.2) is 0 Å². The Balaban J connectivity index is 1.68. The summed E-state index contributed by atoms with van der Waals surface area (Å²) in [5.41, 5.74) is 0. The average molecular weight is 383 g/mol. The second-order valence-corrected chi connectivity index (χ2v) is 9.02. The minimum Gasteiger partial charge on any atom is -0.461 e. The highest BCUT2D eigenvalue weighted by Gasteiger charge is 2.38. The van der Waals surface area contributed by atoms with E-state index in [2.05, 4.69) is 33.6 Å². The SMILES string of the molecule is CC(C)[C@@H]1CN(Cc2nc(-c3ccco3)no2)C[C@H]1NS(=O)(=O)N(C)C. The molecule has 0 bridgehead atoms. The molecule has 9 nitrogen and oxygen atoms in total. The number of hydrogen-bond donors (Lipinski definition) is 1. The van der Waals surface area contributed by atoms with Gasteiger partial charge in [0.1, 0.15) is 0 Å². The Morgan fingerprint density at radius 3 is 2.77 bits per heavy atom. The second-order valence-electron chi connectivity index (χ2n) is 7.10. The van der Waals surface area contributed by atoms with Crippen molar-refractivity contribution in [2.45, 2.75) is 26.4 Å². The average Bonchev–Trinajstić information content (AvgIpc) is 3.27. The predicted molar refractivity (Wildman–Crippen MR) is 95.1 cm³/mol. The molecule has 3 rings (SSSR count). The lowest BCUT2D eigenvalue weighted by atomic mass is 9.92. The van der Waals surface area contributed by atoms with Gasteiger partial charge in [-0.2, -0.15) is 22.4 Å². The van der Waals surface area contributed by atoms with Gasteiger partial charge in [-0.3, -0.25) is 4.90 Å². The maximum Gasteiger partial charge on any atom is 0.279 e. The lowest BCUT2D eigenvalue weighted by Crippen LogP contribution is -2.46. The van der Waals surface area contributed by atoms with Gasteiger partial charge in [0.05, 0.1) is 12.8 Å². The number of aromatic nitrogens is 2. The summed E-state index contributed by atoms with van der Waals surface area (Å²) in [7, 11) is -0.433. The van der Waals surface area contributed by atoms with Crippen LogP contribution in [-0.2, 0) is 16.8 Å². The Morgan fingerprint density at radius 2 is 2.15 bits per heavy atom. The number of nitrogens with one attached hydrogen (secondary N) is 1. The van der Waals surface area contributed by atoms with E-state index < -0.39 is 10.2 Å². The van der Waals surface area contributed by atoms with E-state index in [-0.39, 0.29) is 12.0 Å². The highest BCUT2D eigenvalue weighted by atomic mass is 32.2. The molecular weight excluding hydrogens is 358 g/mol. The standard InChI is InChI=1S/C16H25N5O4S/c1-11(2)12-8-21(9-13(12)19-26(22,23)20(3)4)10-15-17-16(18-25-15)14-6-5-7-24-14/h5-7,11-13,19H,8-10H2,1-4H3/t12-,13+/m0/s1. The first kappa shape index (κ1) is 19.0. The van der Waals surface area contributed by atoms with Gasteiger partial charge < -0.3 is 8.94 Å². The Labute approximate surface area is 153 Å². The molecule has 26 heavy (non-hydrogen) atoms. The van der Waals surface area contributed by atoms with E-state index in [1.165, 1.54) is 18.4 Å². The Morgan fingerprint density at radius 1 is 1.38 bits per heavy atom. The van der Waals surface area contributed by atoms with E-state index in [0.29, 0.717) is 36.5 Å². The quantitative estimate of drug-likeness (QED) is 0.765. The fraction of sp³-hybridized carbons (Fsp3) is 0.625. The van der Waals surface area contributed by atoms with Crippen molar-refractivity contribution in [1.29, 1.82) is 0 Å². The molecule has 0 aliphatic carbocycles. The first-order valence-corrected chi connectivity index (χ1v) is 9.99. The predicted octanol–water partition coefficient (Wildman–Crippen LogP) is 1.18. The maximum atomic E-state index is 12.2. The monoisotopic (exact) mass is 383 g/mol. The molecule has 1 fully saturated rings. The molecule has 1 saturated heterocycles. The summed E-state index contributed by atoms with van der Waals surface area (Å²) in [4.78, 5) is 6.49. The summed E-state index contributed by atoms with van der Waals surface area (Å²) in [5.74, 6) is 2.00. The number of nitrogens with zero attached hydrogens (tertiary/aromatic N) is 4. The van der Waals surface area contributed by atoms with Gasteiger partial charge in [-0.05, 0) is 24.0 Å². The van der Waals surface area contributed by atoms with Crippen LogP contribution in [0.5, 0.6) is 0 Å². The Hall–Kier alpha value is -1.75. The zero-order valence-electron chi connectivity index (χ0n) is 15.4. The molecular formula is C16H25N5O4S. The van der Waals surface area contributed by atoms with Crippen molar-refractivity contribution in [1.82, 2.24) is 24.1 Å². The largest absolute Gasteiger partial charge is 0.461 e. The highest BCUT2D eigenvalue weighted by Crippen LogP contribution is 2.26. The summed E-state index contributed by atoms with van der Waals surface area (Å²) < 4.78 is 39.0. The van der Waals surface area contributed by atoms with Gasteiger partial charge in [0.25, 0.3) is 10.2 Å². The fourth-order valence-electron chi connectivity index (χ4n) is 3.16. The van der Waals surface area contributed by atoms with E-state index in [1.54, 1.807) is 18.4 Å². The third kappa shape index (κ3) is 4.14. The third-order valence-electron chi connectivity index (χ3n) is 4.65. The number of likely N-dealkylation sites (tertiary alicyclic amines) is 1. The van der Waals surface area contributed by atoms with Crippen molar-refractivity contribution in [3.63, 3.8) is 0 Å². The van der Waals surface area contributed by atoms with E-state index in [0.717, 1.165) is 6.54 Å². The Bertz CT molecular complexity index is 816. The van der Waals surface area contributed by atoms with Crippen LogP contribution in [0.4, 0.5) is 0 Å². The van der Waals surface area contributed by atoms with Crippen LogP contribution in [0.1, 0.15) is 19.7 Å². The minimum atomic E-state index is -3.48. The molecule has 0 spiro atoms. The highest BCUT2D eigenvalue weighted by molar-refractivity contribution is 7.87. The number of furan rings is 1. The van der Waals surface area contributed by atoms with Crippen molar-refractivity contribution >= 4 is 10.2 Å². The molecule has 10 heteroatoms. The molecule has 0 unspecified atom stereocenters. The van der Waals surface area contributed by atoms with Crippen molar-refractivity contribution in [2.75, 3.05) is 27.2 Å². The zero-order valence-corrected chi connectivity index (χ0v) is 16.2. The van der Waals surface area contributed by atoms with Crippen LogP contribution in [0.15, 0.2) is 27.3 Å². The van der Waals surface area contributed by atoms with Crippen LogP contribution in [0.2, 0.25) is 0 Å². The molecule has 1 aliphatic rings. The molecule has 0 radical (unpaired) electrons. The van der Waals surface area contributed by atoms with Gasteiger partial charge in [-0.15, -0.1) is 0 Å². The normalized spacial score (nSPS) is 21.9. The van der Waals surface area contributed by atoms with Crippen molar-refractivity contribution in [2.24, 2.45) is 11.8 Å². The summed E-state index contributed by atoms with van der Waals surface area (Å²) >= 11 is 0. The molecule has 2 aromatic rings. The molecule has 3 heterocycles. The fourth-order valence-corrected chi connectivity index (χ4v) is 4.00. The summed E-state index contributed by atoms with van der Waals surface area (Å²) in [6.07, 6.45) is 1.56. The zero-order chi connectivity index (χ0) is 18.9. The summed E-state index contributed by atoms with van der Waals surface area (Å²) in [6, 6.07) is 3.38. The Kier molecular flexibility index (Phi) is 5.47. The number of rotatable bonds is 7. The smallest absolute Gasteiger partial charge is 0.279 e. The van der Waals surface area contributed by atoms with E-state index in [4.69, 9.17) is 8.94 Å². The molecule has 1 N–H and O–H groups in total. The molecule has 0 aromatic carbocycles. The first-order chi connectivity index (χ1) is 12.3. The number of hydrogen-bond acceptors (Lipinski definition) is 7. The topological polar surface area (TPSA) is 105 Å². The van der Waals surface area contributed by atoms with Crippen molar-refractivity contribution in [3.8, 4) is 11.6 Å². The first-order valence-electron chi connectivity index (χ1n) is 8.55. The van der Waals surface area contributed by atoms with Gasteiger partial charge in [0.2, 0.25) is 11.7 Å². The van der Waals surface area contributed by atoms with E-state index in [9.17, 15) is 8.42 Å². The van der Waals surface area contributed by atoms with E-state index in [1.807, 2.05) is 0 Å². The van der Waals surface area contributed by atoms with Crippen LogP contribution in [0, 0.1) is 11.8 Å². The van der Waals surface area contributed by atoms with Crippen LogP contribution in [0.3, 0.4) is 0 Å². The molecule has 0 saturated carbocycles. The van der Waals surface area contributed by atoms with Gasteiger partial charge in [0, 0.05) is 33.2 Å². The molecule has 2 atom stereocenters. The summed E-state index contributed by atoms with van der Waals surface area (Å²) in [5, 5.41) is 3.93. The minimum absolute atomic E-state index is 0.158. The van der Waals surface area contributed by atoms with Crippen LogP contribution in [-0.4, -0.2) is 61.0 Å². The molecule has 144 valence electrons. The van der Waals surface area contributed by atoms with E-state index >= 15 is 0 Å². The van der Waals surface area contributed by atoms with Gasteiger partial charge >= 0.3 is 0 Å². The lowest BCUT2D eigenvalue weighted by molar-refractivity contribution is 0.251. The van der Waals surface area contributed by atoms with Crippen molar-refractivity contribution in [3.05, 3.63) is 24.3 Å². The van der Waals surface area contributed by atoms with Crippen LogP contribution < -0.4 is 4.72 Å². The van der Waals surface area contributed by atoms with Crippen LogP contribution >= 0.6 is 0 Å². The van der Waals surface area contributed by atoms with Gasteiger partial charge in [0.15, 0.2) is 5.76 Å². The lowest BCUT2D eigenvalue weighted by Gasteiger charge is -2.24.